The van der Waals surface area contributed by atoms with E-state index >= 15 is 0 Å². The number of thiazole rings is 1. The van der Waals surface area contributed by atoms with E-state index in [1.54, 1.807) is 0 Å². The maximum atomic E-state index is 13.6. The normalized spacial score (nSPS) is 25.6. The molecule has 0 radical (unpaired) electrons. The quantitative estimate of drug-likeness (QED) is 0.0417. The molecule has 3 atom stereocenters. The predicted octanol–water partition coefficient (Wildman–Crippen LogP) is 0.0483. The number of amides is 3. The fourth-order valence-corrected chi connectivity index (χ4v) is 10.2. The molecule has 6 heterocycles. The van der Waals surface area contributed by atoms with Gasteiger partial charge < -0.3 is 55.9 Å². The first kappa shape index (κ1) is 39.8. The number of benzene rings is 1. The number of nitrogen functional groups attached to an aromatic ring is 1. The molecule has 7 rings (SSSR count). The number of aromatic amines is 1. The van der Waals surface area contributed by atoms with Crippen molar-refractivity contribution in [1.29, 1.82) is 0 Å². The van der Waals surface area contributed by atoms with Crippen molar-refractivity contribution in [2.45, 2.75) is 55.9 Å². The van der Waals surface area contributed by atoms with Crippen molar-refractivity contribution in [2.24, 2.45) is 10.6 Å². The Balaban J connectivity index is 1.05. The topological polar surface area (TPSA) is 290 Å². The molecule has 0 saturated carbocycles. The number of piperidine rings is 1. The number of nitrogens with one attached hydrogen (secondary N) is 3. The minimum Gasteiger partial charge on any atom is -0.543 e. The summed E-state index contributed by atoms with van der Waals surface area (Å²) in [6.07, 6.45) is 2.62. The number of carbonyl (C=O) groups is 5. The van der Waals surface area contributed by atoms with E-state index in [-0.39, 0.29) is 50.0 Å². The lowest BCUT2D eigenvalue weighted by Gasteiger charge is -2.52. The van der Waals surface area contributed by atoms with Crippen molar-refractivity contribution < 1.29 is 53.7 Å². The number of pyridine rings is 1. The number of H-pyrrole nitrogens is 1. The summed E-state index contributed by atoms with van der Waals surface area (Å²) in [4.78, 5) is 91.0. The SMILES string of the molecule is C[C@@H]1S[C@@H]2[C@H](NC(=O)C(=NOC(C)(C)C(=O)O)c3csc(N)n3)C(=O)N2C(C(=O)[O-])=C1C[N+]12CCC(CNC(=O)c3c[nH]c4cc(O)c(O)c(Cl)c4c3=O)(CC1)C2. The summed E-state index contributed by atoms with van der Waals surface area (Å²) in [5, 5.41) is 51.1. The van der Waals surface area contributed by atoms with Gasteiger partial charge in [-0.2, -0.15) is 0 Å². The number of hydrogen-bond donors (Lipinski definition) is 7. The van der Waals surface area contributed by atoms with E-state index in [1.807, 2.05) is 6.92 Å². The number of carboxylic acid groups (broad SMARTS) is 2. The molecule has 2 aromatic heterocycles. The summed E-state index contributed by atoms with van der Waals surface area (Å²) in [5.41, 5.74) is 2.59. The smallest absolute Gasteiger partial charge is 0.350 e. The van der Waals surface area contributed by atoms with E-state index < -0.39 is 74.6 Å². The molecule has 3 amide bonds. The van der Waals surface area contributed by atoms with Crippen molar-refractivity contribution in [1.82, 2.24) is 25.5 Å². The maximum Gasteiger partial charge on any atom is 0.350 e. The highest BCUT2D eigenvalue weighted by molar-refractivity contribution is 8.00. The van der Waals surface area contributed by atoms with E-state index in [0.717, 1.165) is 22.3 Å². The van der Waals surface area contributed by atoms with Gasteiger partial charge in [-0.3, -0.25) is 24.1 Å². The number of fused-ring (bicyclic) bond motifs is 4. The molecule has 57 heavy (non-hydrogen) atoms. The highest BCUT2D eigenvalue weighted by Gasteiger charge is 2.59. The van der Waals surface area contributed by atoms with Crippen LogP contribution in [-0.4, -0.2) is 125 Å². The number of aromatic hydroxyl groups is 2. The van der Waals surface area contributed by atoms with Gasteiger partial charge >= 0.3 is 5.97 Å². The zero-order chi connectivity index (χ0) is 41.4. The first-order chi connectivity index (χ1) is 26.8. The van der Waals surface area contributed by atoms with Gasteiger partial charge in [-0.1, -0.05) is 16.8 Å². The van der Waals surface area contributed by atoms with Crippen molar-refractivity contribution in [2.75, 3.05) is 38.5 Å². The van der Waals surface area contributed by atoms with Gasteiger partial charge in [0.2, 0.25) is 11.0 Å². The summed E-state index contributed by atoms with van der Waals surface area (Å²) in [6.45, 7) is 6.76. The molecule has 302 valence electrons. The largest absolute Gasteiger partial charge is 0.543 e. The third-order valence-electron chi connectivity index (χ3n) is 11.1. The Labute approximate surface area is 336 Å². The summed E-state index contributed by atoms with van der Waals surface area (Å²) in [6, 6.07) is -0.0351. The van der Waals surface area contributed by atoms with E-state index in [2.05, 4.69) is 25.8 Å². The number of aliphatic carboxylic acids is 2. The molecule has 3 saturated heterocycles. The fourth-order valence-electron chi connectivity index (χ4n) is 7.92. The number of phenols is 2. The Bertz CT molecular complexity index is 2390. The lowest BCUT2D eigenvalue weighted by atomic mass is 9.84. The highest BCUT2D eigenvalue weighted by atomic mass is 35.5. The Kier molecular flexibility index (Phi) is 9.94. The number of thioether (sulfide) groups is 1. The molecule has 8 N–H and O–H groups in total. The number of hydrogen-bond acceptors (Lipinski definition) is 15. The number of carbonyl (C=O) groups excluding carboxylic acids is 4. The molecular formula is C35H37ClN8O11S2. The summed E-state index contributed by atoms with van der Waals surface area (Å²) < 4.78 is 0.512. The molecule has 19 nitrogen and oxygen atoms in total. The van der Waals surface area contributed by atoms with Gasteiger partial charge in [0.05, 0.1) is 47.2 Å². The van der Waals surface area contributed by atoms with Gasteiger partial charge in [0, 0.05) is 53.3 Å². The van der Waals surface area contributed by atoms with Gasteiger partial charge in [-0.15, -0.1) is 23.1 Å². The van der Waals surface area contributed by atoms with Crippen LogP contribution in [0.5, 0.6) is 11.5 Å². The number of rotatable bonds is 12. The van der Waals surface area contributed by atoms with Crippen LogP contribution in [0.2, 0.25) is 5.02 Å². The van der Waals surface area contributed by atoms with Crippen LogP contribution >= 0.6 is 34.7 Å². The van der Waals surface area contributed by atoms with Crippen LogP contribution in [0.1, 0.15) is 49.7 Å². The highest BCUT2D eigenvalue weighted by Crippen LogP contribution is 2.49. The van der Waals surface area contributed by atoms with Crippen LogP contribution in [0.25, 0.3) is 10.9 Å². The Morgan fingerprint density at radius 2 is 1.95 bits per heavy atom. The number of oxime groups is 1. The zero-order valence-corrected chi connectivity index (χ0v) is 33.0. The van der Waals surface area contributed by atoms with Crippen LogP contribution in [0.3, 0.4) is 0 Å². The number of phenolic OH excluding ortho intramolecular Hbond substituents is 2. The predicted molar refractivity (Wildman–Crippen MR) is 204 cm³/mol. The number of halogens is 1. The lowest BCUT2D eigenvalue weighted by Crippen LogP contribution is -2.72. The number of carboxylic acids is 2. The van der Waals surface area contributed by atoms with Gasteiger partial charge in [0.1, 0.15) is 29.2 Å². The monoisotopic (exact) mass is 844 g/mol. The molecule has 2 bridgehead atoms. The third kappa shape index (κ3) is 6.91. The fraction of sp³-hybridized carbons (Fsp3) is 0.429. The molecule has 0 spiro atoms. The van der Waals surface area contributed by atoms with Gasteiger partial charge in [0.25, 0.3) is 17.7 Å². The first-order valence-electron chi connectivity index (χ1n) is 17.6. The second kappa shape index (κ2) is 14.2. The van der Waals surface area contributed by atoms with Crippen molar-refractivity contribution in [3.8, 4) is 11.5 Å². The summed E-state index contributed by atoms with van der Waals surface area (Å²) in [5.74, 6) is -6.34. The molecule has 0 aliphatic carbocycles. The molecular weight excluding hydrogens is 808 g/mol. The molecule has 3 fully saturated rings. The third-order valence-corrected chi connectivity index (χ3v) is 13.6. The van der Waals surface area contributed by atoms with Crippen molar-refractivity contribution >= 4 is 86.1 Å². The lowest BCUT2D eigenvalue weighted by molar-refractivity contribution is -0.905. The average Bonchev–Trinajstić information content (AvgIpc) is 3.86. The van der Waals surface area contributed by atoms with Crippen LogP contribution in [0.4, 0.5) is 5.13 Å². The van der Waals surface area contributed by atoms with Gasteiger partial charge in [-0.05, 0) is 20.8 Å². The number of β-lactam (4-membered cyclic amide) rings is 1. The standard InChI is InChI=1S/C35H37ClN8O11S2/c1-14-16(10-44-6-4-35(13-44,5-7-44)12-39-27(48)15-9-38-17-8-19(45)26(47)21(36)20(17)25(15)46)24(31(51)52)43-29(50)23(30(43)57-14)41-28(49)22(18-11-56-33(37)40-18)42-55-34(2,3)32(53)54/h8-9,11,14,23,30H,4-7,10,12-13H2,1-3H3,(H8-,37,38,39,40,41,42,45,46,47,48,49,51,52,53,54)/t14-,23+,30+,35?,44?/m0/s1. The number of aromatic nitrogens is 2. The molecule has 22 heteroatoms. The molecule has 0 unspecified atom stereocenters. The number of nitrogens with two attached hydrogens (primary N) is 1. The van der Waals surface area contributed by atoms with Gasteiger partial charge in [-0.25, -0.2) is 9.78 Å². The van der Waals surface area contributed by atoms with Crippen LogP contribution in [0, 0.1) is 5.41 Å². The molecule has 4 aliphatic rings. The first-order valence-corrected chi connectivity index (χ1v) is 19.8. The van der Waals surface area contributed by atoms with Crippen LogP contribution < -0.4 is 26.9 Å². The van der Waals surface area contributed by atoms with Gasteiger partial charge in [0.15, 0.2) is 22.3 Å². The Morgan fingerprint density at radius 1 is 1.25 bits per heavy atom. The molecule has 1 aromatic carbocycles. The second-order valence-electron chi connectivity index (χ2n) is 15.2. The Hall–Kier alpha value is -5.38. The maximum absolute atomic E-state index is 13.6. The zero-order valence-electron chi connectivity index (χ0n) is 30.6. The average molecular weight is 845 g/mol. The van der Waals surface area contributed by atoms with Crippen LogP contribution in [-0.2, 0) is 24.0 Å². The summed E-state index contributed by atoms with van der Waals surface area (Å²) in [7, 11) is 0. The summed E-state index contributed by atoms with van der Waals surface area (Å²) >= 11 is 8.42. The number of nitrogens with zero attached hydrogens (tertiary/aromatic N) is 4. The number of quaternary nitrogens is 1. The Morgan fingerprint density at radius 3 is 2.58 bits per heavy atom. The molecule has 4 aliphatic heterocycles. The van der Waals surface area contributed by atoms with E-state index in [4.69, 9.17) is 22.2 Å². The van der Waals surface area contributed by atoms with Crippen molar-refractivity contribution in [3.63, 3.8) is 0 Å². The second-order valence-corrected chi connectivity index (χ2v) is 17.9. The van der Waals surface area contributed by atoms with E-state index in [9.17, 15) is 49.2 Å². The minimum atomic E-state index is -1.81. The molecule has 3 aromatic rings. The van der Waals surface area contributed by atoms with Crippen LogP contribution in [0.15, 0.2) is 38.9 Å². The van der Waals surface area contributed by atoms with Crippen molar-refractivity contribution in [3.05, 3.63) is 55.4 Å². The number of anilines is 1. The van der Waals surface area contributed by atoms with E-state index in [1.165, 1.54) is 37.2 Å². The van der Waals surface area contributed by atoms with E-state index in [0.29, 0.717) is 49.1 Å². The minimum absolute atomic E-state index is 0.0156.